The Hall–Kier alpha value is -1.89. The van der Waals surface area contributed by atoms with Gasteiger partial charge in [0, 0.05) is 25.2 Å². The van der Waals surface area contributed by atoms with Crippen LogP contribution >= 0.6 is 0 Å². The molecule has 0 fully saturated rings. The summed E-state index contributed by atoms with van der Waals surface area (Å²) in [5.74, 6) is -2.74. The lowest BCUT2D eigenvalue weighted by atomic mass is 10.0. The summed E-state index contributed by atoms with van der Waals surface area (Å²) in [6.45, 7) is 4.87. The normalized spacial score (nSPS) is 11.8. The predicted octanol–water partition coefficient (Wildman–Crippen LogP) is 7.27. The second-order valence-electron chi connectivity index (χ2n) is 11.7. The number of nitrogens with zero attached hydrogens (tertiary/aromatic N) is 1. The van der Waals surface area contributed by atoms with E-state index in [2.05, 4.69) is 19.1 Å². The van der Waals surface area contributed by atoms with E-state index in [1.807, 2.05) is 0 Å². The minimum Gasteiger partial charge on any atom is -0.550 e. The Morgan fingerprint density at radius 2 is 0.850 bits per heavy atom. The zero-order valence-electron chi connectivity index (χ0n) is 25.7. The lowest BCUT2D eigenvalue weighted by molar-refractivity contribution is -0.929. The number of carboxylic acids is 3. The summed E-state index contributed by atoms with van der Waals surface area (Å²) in [5, 5.41) is 29.1. The zero-order chi connectivity index (χ0) is 29.7. The number of hydrogen-bond acceptors (Lipinski definition) is 4. The van der Waals surface area contributed by atoms with Gasteiger partial charge in [0.2, 0.25) is 0 Å². The predicted molar refractivity (Wildman–Crippen MR) is 161 cm³/mol. The minimum absolute atomic E-state index is 0.0186. The number of unbranched alkanes of at least 4 members (excludes halogenated alkanes) is 16. The first-order valence-corrected chi connectivity index (χ1v) is 16.4. The highest BCUT2D eigenvalue weighted by molar-refractivity contribution is 5.66. The van der Waals surface area contributed by atoms with E-state index in [0.29, 0.717) is 43.4 Å². The summed E-state index contributed by atoms with van der Waals surface area (Å²) in [5.41, 5.74) is 0. The maximum Gasteiger partial charge on any atom is 0.303 e. The lowest BCUT2D eigenvalue weighted by Gasteiger charge is -2.39. The van der Waals surface area contributed by atoms with Crippen LogP contribution in [0.2, 0.25) is 0 Å². The summed E-state index contributed by atoms with van der Waals surface area (Å²) in [7, 11) is 0. The zero-order valence-corrected chi connectivity index (χ0v) is 25.7. The Morgan fingerprint density at radius 3 is 1.20 bits per heavy atom. The van der Waals surface area contributed by atoms with Gasteiger partial charge >= 0.3 is 11.9 Å². The minimum atomic E-state index is -1.07. The van der Waals surface area contributed by atoms with Gasteiger partial charge in [-0.1, -0.05) is 95.6 Å². The van der Waals surface area contributed by atoms with Crippen LogP contribution in [0.3, 0.4) is 0 Å². The van der Waals surface area contributed by atoms with Gasteiger partial charge in [-0.25, -0.2) is 0 Å². The number of carbonyl (C=O) groups excluding carboxylic acids is 1. The number of carbonyl (C=O) groups is 3. The Morgan fingerprint density at radius 1 is 0.525 bits per heavy atom. The SMILES string of the molecule is C/C=C/CCCCCCCCCCCCCCCCCC[N+](CCCC(=O)[O-])(CCCC(=O)O)CCCC(=O)O. The molecule has 0 aromatic rings. The molecule has 234 valence electrons. The van der Waals surface area contributed by atoms with E-state index in [1.54, 1.807) is 0 Å². The second-order valence-corrected chi connectivity index (χ2v) is 11.7. The largest absolute Gasteiger partial charge is 0.550 e. The van der Waals surface area contributed by atoms with Crippen molar-refractivity contribution in [3.05, 3.63) is 12.2 Å². The Labute approximate surface area is 245 Å². The van der Waals surface area contributed by atoms with E-state index in [1.165, 1.54) is 96.3 Å². The van der Waals surface area contributed by atoms with E-state index in [-0.39, 0.29) is 19.3 Å². The molecule has 2 N–H and O–H groups in total. The Kier molecular flexibility index (Phi) is 26.0. The first-order chi connectivity index (χ1) is 19.3. The van der Waals surface area contributed by atoms with Crippen molar-refractivity contribution in [2.45, 2.75) is 155 Å². The first-order valence-electron chi connectivity index (χ1n) is 16.4. The molecule has 0 heterocycles. The van der Waals surface area contributed by atoms with Crippen LogP contribution in [-0.2, 0) is 14.4 Å². The molecule has 0 aliphatic heterocycles. The molecular formula is C33H61NO6. The Bertz CT molecular complexity index is 613. The average molecular weight is 568 g/mol. The van der Waals surface area contributed by atoms with E-state index < -0.39 is 17.9 Å². The van der Waals surface area contributed by atoms with Crippen molar-refractivity contribution in [1.82, 2.24) is 0 Å². The van der Waals surface area contributed by atoms with Crippen LogP contribution in [-0.4, -0.2) is 58.8 Å². The molecule has 0 bridgehead atoms. The number of carboxylic acid groups (broad SMARTS) is 3. The van der Waals surface area contributed by atoms with Crippen molar-refractivity contribution in [3.8, 4) is 0 Å². The molecule has 0 unspecified atom stereocenters. The third-order valence-electron chi connectivity index (χ3n) is 8.05. The number of aliphatic carboxylic acids is 3. The molecule has 0 aromatic heterocycles. The number of allylic oxidation sites excluding steroid dienone is 2. The highest BCUT2D eigenvalue weighted by Crippen LogP contribution is 2.19. The van der Waals surface area contributed by atoms with Crippen LogP contribution in [0.25, 0.3) is 0 Å². The number of hydrogen-bond donors (Lipinski definition) is 2. The van der Waals surface area contributed by atoms with Crippen molar-refractivity contribution in [3.63, 3.8) is 0 Å². The fraction of sp³-hybridized carbons (Fsp3) is 0.848. The van der Waals surface area contributed by atoms with Gasteiger partial charge in [-0.2, -0.15) is 0 Å². The molecule has 0 atom stereocenters. The summed E-state index contributed by atoms with van der Waals surface area (Å²) in [6, 6.07) is 0. The molecule has 0 saturated carbocycles. The molecule has 0 radical (unpaired) electrons. The molecular weight excluding hydrogens is 506 g/mol. The van der Waals surface area contributed by atoms with Crippen molar-refractivity contribution < 1.29 is 34.2 Å². The molecule has 0 spiro atoms. The molecule has 7 nitrogen and oxygen atoms in total. The topological polar surface area (TPSA) is 115 Å². The van der Waals surface area contributed by atoms with Crippen LogP contribution in [0, 0.1) is 0 Å². The van der Waals surface area contributed by atoms with Gasteiger partial charge in [0.05, 0.1) is 39.0 Å². The van der Waals surface area contributed by atoms with Crippen LogP contribution in [0.5, 0.6) is 0 Å². The smallest absolute Gasteiger partial charge is 0.303 e. The molecule has 7 heteroatoms. The van der Waals surface area contributed by atoms with Crippen molar-refractivity contribution in [2.75, 3.05) is 26.2 Å². The van der Waals surface area contributed by atoms with E-state index >= 15 is 0 Å². The maximum atomic E-state index is 11.1. The standard InChI is InChI=1S/C33H61NO6/c1-2-3-4-5-6-7-8-9-10-11-12-13-14-15-16-17-18-19-20-27-34(28-21-24-31(35)36,29-22-25-32(37)38)30-23-26-33(39)40/h2-3H,4-30H2,1H3,(H2-,35,36,37,38,39,40)/b3-2+. The van der Waals surface area contributed by atoms with Gasteiger partial charge in [0.25, 0.3) is 0 Å². The summed E-state index contributed by atoms with van der Waals surface area (Å²) < 4.78 is 0.615. The summed E-state index contributed by atoms with van der Waals surface area (Å²) >= 11 is 0. The molecule has 0 aliphatic rings. The fourth-order valence-electron chi connectivity index (χ4n) is 5.71. The summed E-state index contributed by atoms with van der Waals surface area (Å²) in [6.07, 6.45) is 28.1. The van der Waals surface area contributed by atoms with E-state index in [4.69, 9.17) is 10.2 Å². The molecule has 0 rings (SSSR count). The average Bonchev–Trinajstić information content (AvgIpc) is 2.89. The highest BCUT2D eigenvalue weighted by Gasteiger charge is 2.26. The second kappa shape index (κ2) is 27.3. The van der Waals surface area contributed by atoms with E-state index in [0.717, 1.165) is 19.4 Å². The van der Waals surface area contributed by atoms with Crippen molar-refractivity contribution in [2.24, 2.45) is 0 Å². The van der Waals surface area contributed by atoms with Gasteiger partial charge in [-0.15, -0.1) is 0 Å². The molecule has 0 aliphatic carbocycles. The molecule has 0 aromatic carbocycles. The first kappa shape index (κ1) is 38.1. The van der Waals surface area contributed by atoms with Crippen LogP contribution < -0.4 is 5.11 Å². The van der Waals surface area contributed by atoms with Gasteiger partial charge in [0.15, 0.2) is 0 Å². The maximum absolute atomic E-state index is 11.1. The lowest BCUT2D eigenvalue weighted by Crippen LogP contribution is -2.51. The Balaban J connectivity index is 4.09. The highest BCUT2D eigenvalue weighted by atomic mass is 16.4. The molecule has 40 heavy (non-hydrogen) atoms. The monoisotopic (exact) mass is 567 g/mol. The van der Waals surface area contributed by atoms with Crippen LogP contribution in [0.1, 0.15) is 155 Å². The fourth-order valence-corrected chi connectivity index (χ4v) is 5.71. The van der Waals surface area contributed by atoms with E-state index in [9.17, 15) is 19.5 Å². The molecule has 0 amide bonds. The number of quaternary nitrogens is 1. The number of rotatable bonds is 31. The quantitative estimate of drug-likeness (QED) is 0.0517. The third kappa shape index (κ3) is 26.3. The molecule has 0 saturated heterocycles. The van der Waals surface area contributed by atoms with Gasteiger partial charge in [-0.05, 0) is 39.0 Å². The van der Waals surface area contributed by atoms with Crippen LogP contribution in [0.4, 0.5) is 0 Å². The van der Waals surface area contributed by atoms with Gasteiger partial charge in [-0.3, -0.25) is 9.59 Å². The van der Waals surface area contributed by atoms with Gasteiger partial charge < -0.3 is 24.6 Å². The van der Waals surface area contributed by atoms with Crippen molar-refractivity contribution >= 4 is 17.9 Å². The third-order valence-corrected chi connectivity index (χ3v) is 8.05. The van der Waals surface area contributed by atoms with Gasteiger partial charge in [0.1, 0.15) is 0 Å². The summed E-state index contributed by atoms with van der Waals surface area (Å²) in [4.78, 5) is 33.1. The van der Waals surface area contributed by atoms with Crippen LogP contribution in [0.15, 0.2) is 12.2 Å². The van der Waals surface area contributed by atoms with Crippen molar-refractivity contribution in [1.29, 1.82) is 0 Å².